The van der Waals surface area contributed by atoms with Gasteiger partial charge < -0.3 is 15.7 Å². The fourth-order valence-electron chi connectivity index (χ4n) is 1.47. The molecule has 1 aromatic carbocycles. The van der Waals surface area contributed by atoms with Gasteiger partial charge in [-0.25, -0.2) is 0 Å². The molecular weight excluding hydrogens is 192 g/mol. The van der Waals surface area contributed by atoms with Crippen LogP contribution < -0.4 is 10.6 Å². The van der Waals surface area contributed by atoms with Gasteiger partial charge in [-0.3, -0.25) is 4.79 Å². The summed E-state index contributed by atoms with van der Waals surface area (Å²) in [5.74, 6) is -0.391. The Morgan fingerprint density at radius 1 is 1.27 bits per heavy atom. The molecule has 0 heterocycles. The Morgan fingerprint density at radius 3 is 2.33 bits per heavy atom. The van der Waals surface area contributed by atoms with Gasteiger partial charge in [0.25, 0.3) is 5.91 Å². The van der Waals surface area contributed by atoms with Crippen LogP contribution in [0.4, 0.5) is 0 Å². The Bertz CT molecular complexity index is 314. The van der Waals surface area contributed by atoms with Gasteiger partial charge in [-0.05, 0) is 12.6 Å². The third-order valence-electron chi connectivity index (χ3n) is 2.30. The Kier molecular flexibility index (Phi) is 4.27. The van der Waals surface area contributed by atoms with E-state index in [0.717, 1.165) is 5.56 Å². The van der Waals surface area contributed by atoms with Crippen LogP contribution in [0.25, 0.3) is 0 Å². The number of rotatable bonds is 4. The van der Waals surface area contributed by atoms with Crippen LogP contribution >= 0.6 is 0 Å². The van der Waals surface area contributed by atoms with Crippen LogP contribution in [-0.2, 0) is 4.79 Å². The van der Waals surface area contributed by atoms with Crippen LogP contribution in [0.3, 0.4) is 0 Å². The maximum atomic E-state index is 11.3. The lowest BCUT2D eigenvalue weighted by Crippen LogP contribution is -2.41. The first-order valence-corrected chi connectivity index (χ1v) is 4.82. The summed E-state index contributed by atoms with van der Waals surface area (Å²) in [5, 5.41) is 15.1. The second-order valence-corrected chi connectivity index (χ2v) is 3.24. The van der Waals surface area contributed by atoms with Crippen LogP contribution in [0.2, 0.25) is 0 Å². The van der Waals surface area contributed by atoms with E-state index in [-0.39, 0.29) is 6.04 Å². The topological polar surface area (TPSA) is 61.4 Å². The van der Waals surface area contributed by atoms with Gasteiger partial charge in [0, 0.05) is 7.05 Å². The highest BCUT2D eigenvalue weighted by Gasteiger charge is 2.24. The van der Waals surface area contributed by atoms with E-state index in [2.05, 4.69) is 10.6 Å². The zero-order valence-corrected chi connectivity index (χ0v) is 8.90. The molecule has 82 valence electrons. The minimum Gasteiger partial charge on any atom is -0.381 e. The van der Waals surface area contributed by atoms with E-state index >= 15 is 0 Å². The van der Waals surface area contributed by atoms with Crippen LogP contribution in [0, 0.1) is 0 Å². The predicted molar refractivity (Wildman–Crippen MR) is 58.3 cm³/mol. The molecule has 0 radical (unpaired) electrons. The van der Waals surface area contributed by atoms with Gasteiger partial charge in [-0.1, -0.05) is 30.3 Å². The summed E-state index contributed by atoms with van der Waals surface area (Å²) in [4.78, 5) is 11.3. The molecule has 4 nitrogen and oxygen atoms in total. The summed E-state index contributed by atoms with van der Waals surface area (Å²) in [7, 11) is 3.22. The van der Waals surface area contributed by atoms with E-state index in [1.807, 2.05) is 30.3 Å². The first-order chi connectivity index (χ1) is 7.20. The first-order valence-electron chi connectivity index (χ1n) is 4.82. The second kappa shape index (κ2) is 5.48. The molecule has 0 aliphatic carbocycles. The zero-order chi connectivity index (χ0) is 11.3. The molecule has 0 fully saturated rings. The summed E-state index contributed by atoms with van der Waals surface area (Å²) in [5.41, 5.74) is 0.885. The van der Waals surface area contributed by atoms with Crippen molar-refractivity contribution in [2.45, 2.75) is 12.1 Å². The van der Waals surface area contributed by atoms with Crippen LogP contribution in [0.5, 0.6) is 0 Å². The van der Waals surface area contributed by atoms with Crippen molar-refractivity contribution in [3.8, 4) is 0 Å². The first kappa shape index (κ1) is 11.7. The normalized spacial score (nSPS) is 14.3. The molecule has 1 aromatic rings. The number of likely N-dealkylation sites (N-methyl/N-ethyl adjacent to an activating group) is 2. The summed E-state index contributed by atoms with van der Waals surface area (Å²) in [6.07, 6.45) is -1.08. The molecule has 0 saturated carbocycles. The van der Waals surface area contributed by atoms with E-state index in [1.54, 1.807) is 7.05 Å². The largest absolute Gasteiger partial charge is 0.381 e. The number of aliphatic hydroxyl groups is 1. The Morgan fingerprint density at radius 2 is 1.87 bits per heavy atom. The molecule has 0 unspecified atom stereocenters. The number of carbonyl (C=O) groups excluding carboxylic acids is 1. The predicted octanol–water partition coefficient (Wildman–Crippen LogP) is 0.0540. The highest BCUT2D eigenvalue weighted by Crippen LogP contribution is 2.16. The number of hydrogen-bond acceptors (Lipinski definition) is 3. The molecule has 1 rings (SSSR count). The summed E-state index contributed by atoms with van der Waals surface area (Å²) in [6, 6.07) is 8.99. The molecule has 4 heteroatoms. The Labute approximate surface area is 89.3 Å². The van der Waals surface area contributed by atoms with Crippen molar-refractivity contribution in [2.24, 2.45) is 0 Å². The second-order valence-electron chi connectivity index (χ2n) is 3.24. The quantitative estimate of drug-likeness (QED) is 0.655. The number of benzene rings is 1. The lowest BCUT2D eigenvalue weighted by atomic mass is 10.0. The summed E-state index contributed by atoms with van der Waals surface area (Å²) in [6.45, 7) is 0. The van der Waals surface area contributed by atoms with Gasteiger partial charge in [0.1, 0.15) is 0 Å². The molecule has 2 atom stereocenters. The Balaban J connectivity index is 2.85. The van der Waals surface area contributed by atoms with E-state index in [4.69, 9.17) is 0 Å². The minimum atomic E-state index is -1.08. The van der Waals surface area contributed by atoms with Gasteiger partial charge >= 0.3 is 0 Å². The van der Waals surface area contributed by atoms with Crippen LogP contribution in [-0.4, -0.2) is 31.2 Å². The lowest BCUT2D eigenvalue weighted by molar-refractivity contribution is -0.130. The standard InChI is InChI=1S/C11H16N2O2/c1-12-9(10(14)11(15)13-2)8-6-4-3-5-7-8/h3-7,9-10,12,14H,1-2H3,(H,13,15)/t9-,10-/m1/s1. The molecule has 15 heavy (non-hydrogen) atoms. The molecule has 1 amide bonds. The van der Waals surface area contributed by atoms with E-state index < -0.39 is 12.0 Å². The van der Waals surface area contributed by atoms with Crippen molar-refractivity contribution < 1.29 is 9.90 Å². The number of nitrogens with one attached hydrogen (secondary N) is 2. The molecule has 0 aromatic heterocycles. The highest BCUT2D eigenvalue weighted by molar-refractivity contribution is 5.81. The molecule has 0 bridgehead atoms. The van der Waals surface area contributed by atoms with Crippen molar-refractivity contribution in [3.63, 3.8) is 0 Å². The van der Waals surface area contributed by atoms with Gasteiger partial charge in [-0.2, -0.15) is 0 Å². The maximum absolute atomic E-state index is 11.3. The third-order valence-corrected chi connectivity index (χ3v) is 2.30. The lowest BCUT2D eigenvalue weighted by Gasteiger charge is -2.21. The summed E-state index contributed by atoms with van der Waals surface area (Å²) < 4.78 is 0. The SMILES string of the molecule is CNC(=O)[C@H](O)[C@H](NC)c1ccccc1. The van der Waals surface area contributed by atoms with Crippen LogP contribution in [0.1, 0.15) is 11.6 Å². The van der Waals surface area contributed by atoms with E-state index in [1.165, 1.54) is 7.05 Å². The minimum absolute atomic E-state index is 0.383. The summed E-state index contributed by atoms with van der Waals surface area (Å²) >= 11 is 0. The van der Waals surface area contributed by atoms with Crippen molar-refractivity contribution in [3.05, 3.63) is 35.9 Å². The van der Waals surface area contributed by atoms with Gasteiger partial charge in [-0.15, -0.1) is 0 Å². The van der Waals surface area contributed by atoms with Gasteiger partial charge in [0.2, 0.25) is 0 Å². The smallest absolute Gasteiger partial charge is 0.250 e. The number of amides is 1. The monoisotopic (exact) mass is 208 g/mol. The molecular formula is C11H16N2O2. The number of carbonyl (C=O) groups is 1. The van der Waals surface area contributed by atoms with E-state index in [0.29, 0.717) is 0 Å². The number of aliphatic hydroxyl groups excluding tert-OH is 1. The zero-order valence-electron chi connectivity index (χ0n) is 8.90. The van der Waals surface area contributed by atoms with Crippen LogP contribution in [0.15, 0.2) is 30.3 Å². The fraction of sp³-hybridized carbons (Fsp3) is 0.364. The third kappa shape index (κ3) is 2.78. The molecule has 0 aliphatic rings. The Hall–Kier alpha value is -1.39. The van der Waals surface area contributed by atoms with Gasteiger partial charge in [0.05, 0.1) is 6.04 Å². The van der Waals surface area contributed by atoms with E-state index in [9.17, 15) is 9.90 Å². The van der Waals surface area contributed by atoms with Gasteiger partial charge in [0.15, 0.2) is 6.10 Å². The maximum Gasteiger partial charge on any atom is 0.250 e. The molecule has 0 spiro atoms. The fourth-order valence-corrected chi connectivity index (χ4v) is 1.47. The molecule has 3 N–H and O–H groups in total. The van der Waals surface area contributed by atoms with Crippen molar-refractivity contribution in [2.75, 3.05) is 14.1 Å². The highest BCUT2D eigenvalue weighted by atomic mass is 16.3. The van der Waals surface area contributed by atoms with Crippen molar-refractivity contribution in [1.29, 1.82) is 0 Å². The number of hydrogen-bond donors (Lipinski definition) is 3. The average Bonchev–Trinajstić information content (AvgIpc) is 2.30. The molecule has 0 aliphatic heterocycles. The van der Waals surface area contributed by atoms with Crippen molar-refractivity contribution >= 4 is 5.91 Å². The molecule has 0 saturated heterocycles. The average molecular weight is 208 g/mol. The van der Waals surface area contributed by atoms with Crippen molar-refractivity contribution in [1.82, 2.24) is 10.6 Å².